The number of nitrogens with one attached hydrogen (secondary N) is 1. The van der Waals surface area contributed by atoms with E-state index >= 15 is 0 Å². The van der Waals surface area contributed by atoms with Crippen LogP contribution in [0.5, 0.6) is 0 Å². The molecule has 3 N–H and O–H groups in total. The monoisotopic (exact) mass is 262 g/mol. The summed E-state index contributed by atoms with van der Waals surface area (Å²) in [5, 5.41) is 18.9. The first-order valence-electron chi connectivity index (χ1n) is 6.26. The Labute approximate surface area is 111 Å². The molecular weight excluding hydrogens is 244 g/mol. The highest BCUT2D eigenvalue weighted by atomic mass is 16.3. The van der Waals surface area contributed by atoms with E-state index in [2.05, 4.69) is 4.98 Å². The fourth-order valence-corrected chi connectivity index (χ4v) is 2.08. The van der Waals surface area contributed by atoms with Gasteiger partial charge in [-0.15, -0.1) is 0 Å². The third kappa shape index (κ3) is 2.94. The van der Waals surface area contributed by atoms with Crippen LogP contribution in [0.2, 0.25) is 0 Å². The number of hydrogen-bond acceptors (Lipinski definition) is 3. The van der Waals surface area contributed by atoms with Gasteiger partial charge in [0.2, 0.25) is 0 Å². The molecule has 0 aliphatic heterocycles. The second-order valence-corrected chi connectivity index (χ2v) is 4.51. The molecule has 0 aliphatic carbocycles. The molecule has 0 aliphatic rings. The highest BCUT2D eigenvalue weighted by Crippen LogP contribution is 2.17. The molecule has 0 spiro atoms. The van der Waals surface area contributed by atoms with E-state index in [-0.39, 0.29) is 32.2 Å². The molecule has 5 nitrogen and oxygen atoms in total. The normalized spacial score (nSPS) is 10.9. The Hall–Kier alpha value is -1.85. The van der Waals surface area contributed by atoms with Crippen molar-refractivity contribution in [3.05, 3.63) is 35.5 Å². The number of benzene rings is 1. The van der Waals surface area contributed by atoms with Crippen molar-refractivity contribution < 1.29 is 15.0 Å². The smallest absolute Gasteiger partial charge is 0.270 e. The van der Waals surface area contributed by atoms with Crippen LogP contribution in [0.1, 0.15) is 16.1 Å². The molecule has 1 amide bonds. The summed E-state index contributed by atoms with van der Waals surface area (Å²) in [5.41, 5.74) is 2.51. The molecule has 0 saturated heterocycles. The van der Waals surface area contributed by atoms with E-state index in [1.165, 1.54) is 4.90 Å². The Kier molecular flexibility index (Phi) is 4.19. The van der Waals surface area contributed by atoms with Crippen LogP contribution in [0.15, 0.2) is 24.3 Å². The number of rotatable bonds is 5. The number of aromatic nitrogens is 1. The molecule has 0 saturated carbocycles. The summed E-state index contributed by atoms with van der Waals surface area (Å²) in [7, 11) is 0. The van der Waals surface area contributed by atoms with Crippen molar-refractivity contribution in [1.82, 2.24) is 9.88 Å². The average Bonchev–Trinajstić information content (AvgIpc) is 2.80. The summed E-state index contributed by atoms with van der Waals surface area (Å²) >= 11 is 0. The average molecular weight is 262 g/mol. The van der Waals surface area contributed by atoms with Crippen molar-refractivity contribution in [2.24, 2.45) is 0 Å². The fourth-order valence-electron chi connectivity index (χ4n) is 2.08. The maximum absolute atomic E-state index is 12.3. The first kappa shape index (κ1) is 13.6. The van der Waals surface area contributed by atoms with E-state index in [9.17, 15) is 4.79 Å². The van der Waals surface area contributed by atoms with Crippen molar-refractivity contribution >= 4 is 16.8 Å². The standard InChI is InChI=1S/C14H18N2O3/c1-10-2-3-11-9-13(15-12(11)8-10)14(19)16(4-6-17)5-7-18/h2-3,8-9,15,17-18H,4-7H2,1H3. The van der Waals surface area contributed by atoms with Gasteiger partial charge in [-0.1, -0.05) is 12.1 Å². The van der Waals surface area contributed by atoms with Crippen molar-refractivity contribution in [2.75, 3.05) is 26.3 Å². The van der Waals surface area contributed by atoms with Gasteiger partial charge >= 0.3 is 0 Å². The van der Waals surface area contributed by atoms with Crippen LogP contribution in [0.25, 0.3) is 10.9 Å². The minimum atomic E-state index is -0.211. The summed E-state index contributed by atoms with van der Waals surface area (Å²) in [6.45, 7) is 2.18. The number of amides is 1. The van der Waals surface area contributed by atoms with Crippen molar-refractivity contribution in [3.63, 3.8) is 0 Å². The number of hydrogen-bond donors (Lipinski definition) is 3. The number of carbonyl (C=O) groups is 1. The topological polar surface area (TPSA) is 76.6 Å². The molecule has 0 atom stereocenters. The predicted octanol–water partition coefficient (Wildman–Crippen LogP) is 0.903. The minimum absolute atomic E-state index is 0.120. The Morgan fingerprint density at radius 2 is 1.89 bits per heavy atom. The van der Waals surface area contributed by atoms with Gasteiger partial charge in [-0.25, -0.2) is 0 Å². The lowest BCUT2D eigenvalue weighted by Gasteiger charge is -2.19. The number of carbonyl (C=O) groups excluding carboxylic acids is 1. The SMILES string of the molecule is Cc1ccc2cc(C(=O)N(CCO)CCO)[nH]c2c1. The molecule has 19 heavy (non-hydrogen) atoms. The van der Waals surface area contributed by atoms with Gasteiger partial charge in [-0.3, -0.25) is 4.79 Å². The number of nitrogens with zero attached hydrogens (tertiary/aromatic N) is 1. The number of aliphatic hydroxyl groups excluding tert-OH is 2. The molecule has 102 valence electrons. The van der Waals surface area contributed by atoms with Gasteiger partial charge in [-0.2, -0.15) is 0 Å². The van der Waals surface area contributed by atoms with Crippen LogP contribution in [0, 0.1) is 6.92 Å². The quantitative estimate of drug-likeness (QED) is 0.749. The summed E-state index contributed by atoms with van der Waals surface area (Å²) in [6, 6.07) is 7.72. The molecule has 0 unspecified atom stereocenters. The van der Waals surface area contributed by atoms with Crippen molar-refractivity contribution in [3.8, 4) is 0 Å². The zero-order chi connectivity index (χ0) is 13.8. The van der Waals surface area contributed by atoms with Gasteiger partial charge in [0.15, 0.2) is 0 Å². The van der Waals surface area contributed by atoms with E-state index < -0.39 is 0 Å². The van der Waals surface area contributed by atoms with Crippen LogP contribution >= 0.6 is 0 Å². The maximum Gasteiger partial charge on any atom is 0.270 e. The lowest BCUT2D eigenvalue weighted by molar-refractivity contribution is 0.0680. The second-order valence-electron chi connectivity index (χ2n) is 4.51. The van der Waals surface area contributed by atoms with E-state index in [4.69, 9.17) is 10.2 Å². The third-order valence-electron chi connectivity index (χ3n) is 3.04. The zero-order valence-electron chi connectivity index (χ0n) is 10.9. The molecule has 2 rings (SSSR count). The van der Waals surface area contributed by atoms with Crippen LogP contribution in [-0.4, -0.2) is 52.3 Å². The van der Waals surface area contributed by atoms with Crippen molar-refractivity contribution in [2.45, 2.75) is 6.92 Å². The van der Waals surface area contributed by atoms with Crippen LogP contribution in [-0.2, 0) is 0 Å². The van der Waals surface area contributed by atoms with E-state index in [1.807, 2.05) is 25.1 Å². The molecule has 1 aromatic heterocycles. The molecule has 1 heterocycles. The predicted molar refractivity (Wildman–Crippen MR) is 73.1 cm³/mol. The van der Waals surface area contributed by atoms with E-state index in [0.717, 1.165) is 16.5 Å². The Morgan fingerprint density at radius 3 is 2.53 bits per heavy atom. The summed E-state index contributed by atoms with van der Waals surface area (Å²) < 4.78 is 0. The highest BCUT2D eigenvalue weighted by molar-refractivity contribution is 5.98. The Morgan fingerprint density at radius 1 is 1.21 bits per heavy atom. The molecule has 0 radical (unpaired) electrons. The zero-order valence-corrected chi connectivity index (χ0v) is 10.9. The largest absolute Gasteiger partial charge is 0.395 e. The van der Waals surface area contributed by atoms with E-state index in [1.54, 1.807) is 6.07 Å². The number of aromatic amines is 1. The molecule has 5 heteroatoms. The Bertz CT molecular complexity index is 571. The molecule has 1 aromatic carbocycles. The number of H-pyrrole nitrogens is 1. The lowest BCUT2D eigenvalue weighted by Crippen LogP contribution is -2.36. The molecule has 0 bridgehead atoms. The minimum Gasteiger partial charge on any atom is -0.395 e. The number of aliphatic hydroxyl groups is 2. The summed E-state index contributed by atoms with van der Waals surface area (Å²) in [6.07, 6.45) is 0. The Balaban J connectivity index is 2.29. The summed E-state index contributed by atoms with van der Waals surface area (Å²) in [5.74, 6) is -0.211. The molecule has 2 aromatic rings. The lowest BCUT2D eigenvalue weighted by atomic mass is 10.2. The number of fused-ring (bicyclic) bond motifs is 1. The number of aryl methyl sites for hydroxylation is 1. The van der Waals surface area contributed by atoms with Crippen molar-refractivity contribution in [1.29, 1.82) is 0 Å². The van der Waals surface area contributed by atoms with Gasteiger partial charge in [0.1, 0.15) is 5.69 Å². The van der Waals surface area contributed by atoms with Crippen LogP contribution in [0.4, 0.5) is 0 Å². The van der Waals surface area contributed by atoms with Gasteiger partial charge in [0.25, 0.3) is 5.91 Å². The van der Waals surface area contributed by atoms with Gasteiger partial charge in [-0.05, 0) is 24.6 Å². The molecule has 0 fully saturated rings. The van der Waals surface area contributed by atoms with Gasteiger partial charge in [0.05, 0.1) is 13.2 Å². The first-order chi connectivity index (χ1) is 9.15. The molecular formula is C14H18N2O3. The maximum atomic E-state index is 12.3. The summed E-state index contributed by atoms with van der Waals surface area (Å²) in [4.78, 5) is 16.8. The second kappa shape index (κ2) is 5.86. The van der Waals surface area contributed by atoms with Crippen LogP contribution in [0.3, 0.4) is 0 Å². The van der Waals surface area contributed by atoms with Gasteiger partial charge < -0.3 is 20.1 Å². The third-order valence-corrected chi connectivity index (χ3v) is 3.04. The first-order valence-corrected chi connectivity index (χ1v) is 6.26. The van der Waals surface area contributed by atoms with Gasteiger partial charge in [0, 0.05) is 24.0 Å². The highest BCUT2D eigenvalue weighted by Gasteiger charge is 2.16. The van der Waals surface area contributed by atoms with E-state index in [0.29, 0.717) is 5.69 Å². The fraction of sp³-hybridized carbons (Fsp3) is 0.357. The van der Waals surface area contributed by atoms with Crippen LogP contribution < -0.4 is 0 Å².